The molecule has 10 heteroatoms. The molecular weight excluding hydrogens is 562 g/mol. The van der Waals surface area contributed by atoms with Crippen LogP contribution in [0.5, 0.6) is 5.75 Å². The van der Waals surface area contributed by atoms with Gasteiger partial charge < -0.3 is 5.11 Å². The van der Waals surface area contributed by atoms with Crippen LogP contribution in [0.4, 0.5) is 0 Å². The summed E-state index contributed by atoms with van der Waals surface area (Å²) < 4.78 is 1.67. The number of nitrogens with one attached hydrogen (secondary N) is 1. The van der Waals surface area contributed by atoms with Crippen LogP contribution in [0, 0.1) is 7.14 Å². The molecule has 1 aromatic heterocycles. The first-order valence-corrected chi connectivity index (χ1v) is 9.52. The first-order chi connectivity index (χ1) is 12.5. The highest BCUT2D eigenvalue weighted by Crippen LogP contribution is 2.25. The summed E-state index contributed by atoms with van der Waals surface area (Å²) in [4.78, 5) is 13.1. The molecular formula is C16H12I2N6O2. The molecule has 3 aromatic rings. The Hall–Kier alpha value is -2.09. The summed E-state index contributed by atoms with van der Waals surface area (Å²) in [6, 6.07) is 13.0. The van der Waals surface area contributed by atoms with Crippen LogP contribution < -0.4 is 5.43 Å². The number of hydrazone groups is 1. The maximum absolute atomic E-state index is 11.9. The molecule has 0 unspecified atom stereocenters. The highest BCUT2D eigenvalue weighted by Gasteiger charge is 2.09. The lowest BCUT2D eigenvalue weighted by molar-refractivity contribution is -0.122. The largest absolute Gasteiger partial charge is 0.506 e. The third kappa shape index (κ3) is 4.75. The summed E-state index contributed by atoms with van der Waals surface area (Å²) in [7, 11) is 0. The number of nitrogens with zero attached hydrogens (tertiary/aromatic N) is 5. The molecule has 0 aliphatic carbocycles. The van der Waals surface area contributed by atoms with Crippen molar-refractivity contribution in [3.63, 3.8) is 0 Å². The van der Waals surface area contributed by atoms with Gasteiger partial charge in [-0.15, -0.1) is 10.2 Å². The van der Waals surface area contributed by atoms with E-state index in [1.165, 1.54) is 11.0 Å². The number of phenolic OH excluding ortho intramolecular Hbond substituents is 1. The van der Waals surface area contributed by atoms with Gasteiger partial charge in [0.2, 0.25) is 5.82 Å². The van der Waals surface area contributed by atoms with E-state index in [0.717, 1.165) is 9.13 Å². The molecule has 0 aliphatic heterocycles. The zero-order valence-electron chi connectivity index (χ0n) is 13.2. The van der Waals surface area contributed by atoms with Gasteiger partial charge in [-0.2, -0.15) is 9.90 Å². The fourth-order valence-corrected chi connectivity index (χ4v) is 3.92. The summed E-state index contributed by atoms with van der Waals surface area (Å²) in [6.45, 7) is -0.118. The van der Waals surface area contributed by atoms with Crippen molar-refractivity contribution in [2.75, 3.05) is 0 Å². The second kappa shape index (κ2) is 8.53. The second-order valence-electron chi connectivity index (χ2n) is 5.13. The molecule has 0 radical (unpaired) electrons. The smallest absolute Gasteiger partial charge is 0.263 e. The summed E-state index contributed by atoms with van der Waals surface area (Å²) in [5.41, 5.74) is 3.72. The van der Waals surface area contributed by atoms with E-state index in [-0.39, 0.29) is 12.3 Å². The Kier molecular flexibility index (Phi) is 6.13. The number of carbonyl (C=O) groups excluding carboxylic acids is 1. The fraction of sp³-hybridized carbons (Fsp3) is 0.0625. The topological polar surface area (TPSA) is 105 Å². The molecule has 3 rings (SSSR count). The van der Waals surface area contributed by atoms with Crippen molar-refractivity contribution in [2.24, 2.45) is 5.10 Å². The number of tetrazole rings is 1. The third-order valence-electron chi connectivity index (χ3n) is 3.22. The number of carbonyl (C=O) groups is 1. The lowest BCUT2D eigenvalue weighted by Crippen LogP contribution is -2.24. The highest BCUT2D eigenvalue weighted by molar-refractivity contribution is 14.1. The van der Waals surface area contributed by atoms with Gasteiger partial charge in [0.15, 0.2) is 0 Å². The molecule has 0 spiro atoms. The Morgan fingerprint density at radius 3 is 2.81 bits per heavy atom. The normalized spacial score (nSPS) is 11.0. The lowest BCUT2D eigenvalue weighted by Gasteiger charge is -2.03. The summed E-state index contributed by atoms with van der Waals surface area (Å²) in [5.74, 6) is 0.160. The maximum Gasteiger partial charge on any atom is 0.263 e. The Morgan fingerprint density at radius 2 is 2.04 bits per heavy atom. The SMILES string of the molecule is O=C(Cn1nnc(-c2ccccc2)n1)NN=Cc1cc(I)cc(I)c1O. The summed E-state index contributed by atoms with van der Waals surface area (Å²) in [5, 5.41) is 25.8. The Bertz CT molecular complexity index is 959. The molecule has 26 heavy (non-hydrogen) atoms. The van der Waals surface area contributed by atoms with E-state index >= 15 is 0 Å². The van der Waals surface area contributed by atoms with Gasteiger partial charge in [0.1, 0.15) is 12.3 Å². The molecule has 0 aliphatic rings. The fourth-order valence-electron chi connectivity index (χ4n) is 2.03. The minimum Gasteiger partial charge on any atom is -0.506 e. The average Bonchev–Trinajstić information content (AvgIpc) is 3.08. The van der Waals surface area contributed by atoms with E-state index < -0.39 is 5.91 Å². The van der Waals surface area contributed by atoms with Crippen LogP contribution in [-0.2, 0) is 11.3 Å². The second-order valence-corrected chi connectivity index (χ2v) is 7.54. The van der Waals surface area contributed by atoms with Gasteiger partial charge in [-0.05, 0) is 62.5 Å². The van der Waals surface area contributed by atoms with E-state index in [1.54, 1.807) is 6.07 Å². The average molecular weight is 574 g/mol. The Balaban J connectivity index is 1.61. The minimum absolute atomic E-state index is 0.118. The Morgan fingerprint density at radius 1 is 1.27 bits per heavy atom. The van der Waals surface area contributed by atoms with Crippen molar-refractivity contribution in [3.8, 4) is 17.1 Å². The van der Waals surface area contributed by atoms with Gasteiger partial charge >= 0.3 is 0 Å². The molecule has 8 nitrogen and oxygen atoms in total. The molecule has 1 amide bonds. The quantitative estimate of drug-likeness (QED) is 0.277. The van der Waals surface area contributed by atoms with Crippen molar-refractivity contribution in [1.29, 1.82) is 0 Å². The minimum atomic E-state index is -0.405. The first-order valence-electron chi connectivity index (χ1n) is 7.36. The number of rotatable bonds is 5. The maximum atomic E-state index is 11.9. The van der Waals surface area contributed by atoms with Crippen molar-refractivity contribution in [2.45, 2.75) is 6.54 Å². The van der Waals surface area contributed by atoms with E-state index in [0.29, 0.717) is 15.0 Å². The number of aromatic hydroxyl groups is 1. The highest BCUT2D eigenvalue weighted by atomic mass is 127. The monoisotopic (exact) mass is 574 g/mol. The van der Waals surface area contributed by atoms with Crippen molar-refractivity contribution in [3.05, 3.63) is 55.2 Å². The van der Waals surface area contributed by atoms with E-state index in [1.807, 2.05) is 59.0 Å². The summed E-state index contributed by atoms with van der Waals surface area (Å²) in [6.07, 6.45) is 1.39. The molecule has 2 N–H and O–H groups in total. The van der Waals surface area contributed by atoms with Gasteiger partial charge in [-0.3, -0.25) is 4.79 Å². The van der Waals surface area contributed by atoms with Crippen LogP contribution >= 0.6 is 45.2 Å². The number of phenols is 1. The standard InChI is InChI=1S/C16H12I2N6O2/c17-12-6-11(15(26)13(18)7-12)8-19-20-14(25)9-24-22-16(21-23-24)10-4-2-1-3-5-10/h1-8,26H,9H2,(H,20,25). The van der Waals surface area contributed by atoms with Gasteiger partial charge in [0.05, 0.1) is 9.78 Å². The third-order valence-corrected chi connectivity index (χ3v) is 4.67. The number of aromatic nitrogens is 4. The van der Waals surface area contributed by atoms with Gasteiger partial charge in [-0.1, -0.05) is 30.3 Å². The molecule has 0 saturated carbocycles. The number of amides is 1. The van der Waals surface area contributed by atoms with Crippen molar-refractivity contribution in [1.82, 2.24) is 25.6 Å². The zero-order valence-corrected chi connectivity index (χ0v) is 17.5. The number of hydrogen-bond acceptors (Lipinski definition) is 6. The molecule has 0 atom stereocenters. The predicted molar refractivity (Wildman–Crippen MR) is 113 cm³/mol. The molecule has 0 saturated heterocycles. The van der Waals surface area contributed by atoms with Crippen molar-refractivity contribution >= 4 is 57.3 Å². The first kappa shape index (κ1) is 18.7. The van der Waals surface area contributed by atoms with Crippen LogP contribution in [0.3, 0.4) is 0 Å². The Labute approximate surface area is 176 Å². The van der Waals surface area contributed by atoms with Gasteiger partial charge in [-0.25, -0.2) is 5.43 Å². The molecule has 0 bridgehead atoms. The van der Waals surface area contributed by atoms with Crippen LogP contribution in [0.25, 0.3) is 11.4 Å². The van der Waals surface area contributed by atoms with Gasteiger partial charge in [0, 0.05) is 14.7 Å². The lowest BCUT2D eigenvalue weighted by atomic mass is 10.2. The molecule has 2 aromatic carbocycles. The van der Waals surface area contributed by atoms with E-state index in [9.17, 15) is 9.90 Å². The number of benzene rings is 2. The van der Waals surface area contributed by atoms with Crippen LogP contribution in [0.15, 0.2) is 47.6 Å². The molecule has 1 heterocycles. The molecule has 0 fully saturated rings. The molecule has 132 valence electrons. The van der Waals surface area contributed by atoms with Gasteiger partial charge in [0.25, 0.3) is 5.91 Å². The number of hydrogen-bond donors (Lipinski definition) is 2. The van der Waals surface area contributed by atoms with E-state index in [4.69, 9.17) is 0 Å². The van der Waals surface area contributed by atoms with E-state index in [2.05, 4.69) is 48.5 Å². The zero-order chi connectivity index (χ0) is 18.5. The number of halogens is 2. The van der Waals surface area contributed by atoms with Crippen LogP contribution in [0.1, 0.15) is 5.56 Å². The van der Waals surface area contributed by atoms with Crippen LogP contribution in [-0.4, -0.2) is 37.4 Å². The van der Waals surface area contributed by atoms with Crippen molar-refractivity contribution < 1.29 is 9.90 Å². The van der Waals surface area contributed by atoms with Crippen LogP contribution in [0.2, 0.25) is 0 Å². The summed E-state index contributed by atoms with van der Waals surface area (Å²) >= 11 is 4.18. The predicted octanol–water partition coefficient (Wildman–Crippen LogP) is 2.41.